The first-order chi connectivity index (χ1) is 13.2. The molecular weight excluding hydrogens is 338 g/mol. The minimum atomic E-state index is -0.221. The van der Waals surface area contributed by atoms with Crippen molar-refractivity contribution in [3.8, 4) is 0 Å². The number of hydrogen-bond donors (Lipinski definition) is 2. The van der Waals surface area contributed by atoms with Gasteiger partial charge in [-0.05, 0) is 63.2 Å². The summed E-state index contributed by atoms with van der Waals surface area (Å²) in [4.78, 5) is 27.4. The van der Waals surface area contributed by atoms with Gasteiger partial charge in [0.05, 0.1) is 11.3 Å². The Morgan fingerprint density at radius 1 is 0.852 bits per heavy atom. The number of carbonyl (C=O) groups excluding carboxylic acids is 2. The van der Waals surface area contributed by atoms with Gasteiger partial charge in [-0.2, -0.15) is 0 Å². The van der Waals surface area contributed by atoms with Crippen molar-refractivity contribution in [1.29, 1.82) is 0 Å². The summed E-state index contributed by atoms with van der Waals surface area (Å²) < 4.78 is 0. The molecule has 0 bridgehead atoms. The van der Waals surface area contributed by atoms with Crippen LogP contribution in [-0.4, -0.2) is 42.9 Å². The Kier molecular flexibility index (Phi) is 6.99. The van der Waals surface area contributed by atoms with Gasteiger partial charge in [-0.15, -0.1) is 0 Å². The summed E-state index contributed by atoms with van der Waals surface area (Å²) in [5.41, 5.74) is 1.58. The molecule has 1 saturated heterocycles. The lowest BCUT2D eigenvalue weighted by molar-refractivity contribution is 0.0952. The molecule has 2 amide bonds. The zero-order valence-corrected chi connectivity index (χ0v) is 15.6. The van der Waals surface area contributed by atoms with E-state index in [2.05, 4.69) is 15.5 Å². The van der Waals surface area contributed by atoms with Gasteiger partial charge >= 0.3 is 0 Å². The molecule has 1 heterocycles. The predicted molar refractivity (Wildman–Crippen MR) is 108 cm³/mol. The smallest absolute Gasteiger partial charge is 0.255 e. The third-order valence-corrected chi connectivity index (χ3v) is 4.84. The summed E-state index contributed by atoms with van der Waals surface area (Å²) in [6, 6.07) is 16.1. The van der Waals surface area contributed by atoms with Crippen molar-refractivity contribution in [2.45, 2.75) is 25.7 Å². The van der Waals surface area contributed by atoms with Crippen LogP contribution in [0.5, 0.6) is 0 Å². The molecule has 0 spiro atoms. The van der Waals surface area contributed by atoms with E-state index in [0.717, 1.165) is 13.0 Å². The highest BCUT2D eigenvalue weighted by molar-refractivity contribution is 6.08. The average molecular weight is 365 g/mol. The molecule has 0 aliphatic carbocycles. The number of anilines is 1. The van der Waals surface area contributed by atoms with Gasteiger partial charge in [-0.25, -0.2) is 0 Å². The number of nitrogens with zero attached hydrogens (tertiary/aromatic N) is 1. The predicted octanol–water partition coefficient (Wildman–Crippen LogP) is 3.54. The highest BCUT2D eigenvalue weighted by Crippen LogP contribution is 2.16. The summed E-state index contributed by atoms with van der Waals surface area (Å²) in [5, 5.41) is 5.82. The second-order valence-electron chi connectivity index (χ2n) is 6.88. The van der Waals surface area contributed by atoms with Crippen LogP contribution in [0, 0.1) is 0 Å². The monoisotopic (exact) mass is 365 g/mol. The van der Waals surface area contributed by atoms with Gasteiger partial charge in [-0.1, -0.05) is 36.8 Å². The molecule has 0 saturated carbocycles. The number of piperidine rings is 1. The molecule has 0 radical (unpaired) electrons. The van der Waals surface area contributed by atoms with Crippen LogP contribution in [0.25, 0.3) is 0 Å². The first-order valence-electron chi connectivity index (χ1n) is 9.70. The molecule has 142 valence electrons. The molecule has 3 rings (SSSR count). The third kappa shape index (κ3) is 5.66. The Hall–Kier alpha value is -2.66. The Labute approximate surface area is 160 Å². The Morgan fingerprint density at radius 2 is 1.56 bits per heavy atom. The third-order valence-electron chi connectivity index (χ3n) is 4.84. The van der Waals surface area contributed by atoms with E-state index in [1.54, 1.807) is 30.3 Å². The minimum Gasteiger partial charge on any atom is -0.352 e. The normalized spacial score (nSPS) is 14.5. The van der Waals surface area contributed by atoms with Crippen LogP contribution < -0.4 is 10.6 Å². The van der Waals surface area contributed by atoms with Gasteiger partial charge in [0, 0.05) is 12.1 Å². The van der Waals surface area contributed by atoms with Crippen molar-refractivity contribution in [3.63, 3.8) is 0 Å². The summed E-state index contributed by atoms with van der Waals surface area (Å²) in [6.07, 6.45) is 4.82. The minimum absolute atomic E-state index is 0.155. The van der Waals surface area contributed by atoms with Gasteiger partial charge in [0.25, 0.3) is 11.8 Å². The maximum absolute atomic E-state index is 12.6. The van der Waals surface area contributed by atoms with E-state index >= 15 is 0 Å². The first-order valence-corrected chi connectivity index (χ1v) is 9.70. The van der Waals surface area contributed by atoms with Crippen LogP contribution in [0.3, 0.4) is 0 Å². The number of rotatable bonds is 7. The number of benzene rings is 2. The molecule has 2 aromatic rings. The van der Waals surface area contributed by atoms with E-state index < -0.39 is 0 Å². The number of amides is 2. The van der Waals surface area contributed by atoms with Gasteiger partial charge in [0.2, 0.25) is 0 Å². The SMILES string of the molecule is O=C(Nc1ccccc1C(=O)NCCCN1CCCCC1)c1ccccc1. The van der Waals surface area contributed by atoms with Crippen LogP contribution in [0.1, 0.15) is 46.4 Å². The molecule has 1 aliphatic heterocycles. The van der Waals surface area contributed by atoms with E-state index in [-0.39, 0.29) is 11.8 Å². The maximum Gasteiger partial charge on any atom is 0.255 e. The van der Waals surface area contributed by atoms with Crippen molar-refractivity contribution in [3.05, 3.63) is 65.7 Å². The quantitative estimate of drug-likeness (QED) is 0.738. The fourth-order valence-electron chi connectivity index (χ4n) is 3.36. The molecule has 0 atom stereocenters. The molecule has 1 fully saturated rings. The molecule has 2 N–H and O–H groups in total. The zero-order valence-electron chi connectivity index (χ0n) is 15.6. The molecule has 5 heteroatoms. The van der Waals surface area contributed by atoms with Gasteiger partial charge in [0.15, 0.2) is 0 Å². The van der Waals surface area contributed by atoms with E-state index in [0.29, 0.717) is 23.4 Å². The summed E-state index contributed by atoms with van der Waals surface area (Å²) in [6.45, 7) is 3.99. The summed E-state index contributed by atoms with van der Waals surface area (Å²) >= 11 is 0. The largest absolute Gasteiger partial charge is 0.352 e. The highest BCUT2D eigenvalue weighted by atomic mass is 16.2. The zero-order chi connectivity index (χ0) is 18.9. The van der Waals surface area contributed by atoms with Crippen LogP contribution in [0.2, 0.25) is 0 Å². The molecule has 1 aliphatic rings. The summed E-state index contributed by atoms with van der Waals surface area (Å²) in [5.74, 6) is -0.376. The standard InChI is InChI=1S/C22H27N3O2/c26-21(18-10-3-1-4-11-18)24-20-13-6-5-12-19(20)22(27)23-14-9-17-25-15-7-2-8-16-25/h1,3-6,10-13H,2,7-9,14-17H2,(H,23,27)(H,24,26). The van der Waals surface area contributed by atoms with Crippen LogP contribution in [-0.2, 0) is 0 Å². The number of nitrogens with one attached hydrogen (secondary N) is 2. The van der Waals surface area contributed by atoms with E-state index in [9.17, 15) is 9.59 Å². The summed E-state index contributed by atoms with van der Waals surface area (Å²) in [7, 11) is 0. The Balaban J connectivity index is 1.53. The van der Waals surface area contributed by atoms with Gasteiger partial charge < -0.3 is 15.5 Å². The first kappa shape index (κ1) is 19.1. The highest BCUT2D eigenvalue weighted by Gasteiger charge is 2.14. The fraction of sp³-hybridized carbons (Fsp3) is 0.364. The van der Waals surface area contributed by atoms with Crippen LogP contribution in [0.4, 0.5) is 5.69 Å². The van der Waals surface area contributed by atoms with Gasteiger partial charge in [0.1, 0.15) is 0 Å². The molecule has 5 nitrogen and oxygen atoms in total. The number of carbonyl (C=O) groups is 2. The van der Waals surface area contributed by atoms with Crippen molar-refractivity contribution in [1.82, 2.24) is 10.2 Å². The van der Waals surface area contributed by atoms with Crippen LogP contribution >= 0.6 is 0 Å². The Morgan fingerprint density at radius 3 is 2.33 bits per heavy atom. The van der Waals surface area contributed by atoms with Crippen molar-refractivity contribution >= 4 is 17.5 Å². The Bertz CT molecular complexity index is 755. The molecule has 27 heavy (non-hydrogen) atoms. The average Bonchev–Trinajstić information content (AvgIpc) is 2.73. The number of para-hydroxylation sites is 1. The topological polar surface area (TPSA) is 61.4 Å². The lowest BCUT2D eigenvalue weighted by Crippen LogP contribution is -2.33. The number of hydrogen-bond acceptors (Lipinski definition) is 3. The molecule has 0 unspecified atom stereocenters. The maximum atomic E-state index is 12.6. The van der Waals surface area contributed by atoms with E-state index in [4.69, 9.17) is 0 Å². The second kappa shape index (κ2) is 9.88. The van der Waals surface area contributed by atoms with Crippen molar-refractivity contribution in [2.24, 2.45) is 0 Å². The molecular formula is C22H27N3O2. The van der Waals surface area contributed by atoms with E-state index in [1.807, 2.05) is 24.3 Å². The lowest BCUT2D eigenvalue weighted by Gasteiger charge is -2.26. The van der Waals surface area contributed by atoms with E-state index in [1.165, 1.54) is 32.4 Å². The molecule has 0 aromatic heterocycles. The van der Waals surface area contributed by atoms with Gasteiger partial charge in [-0.3, -0.25) is 9.59 Å². The number of likely N-dealkylation sites (tertiary alicyclic amines) is 1. The van der Waals surface area contributed by atoms with Crippen LogP contribution in [0.15, 0.2) is 54.6 Å². The lowest BCUT2D eigenvalue weighted by atomic mass is 10.1. The van der Waals surface area contributed by atoms with Crippen molar-refractivity contribution < 1.29 is 9.59 Å². The molecule has 2 aromatic carbocycles. The van der Waals surface area contributed by atoms with Crippen molar-refractivity contribution in [2.75, 3.05) is 31.5 Å². The fourth-order valence-corrected chi connectivity index (χ4v) is 3.36. The second-order valence-corrected chi connectivity index (χ2v) is 6.88.